The molecule has 1 amide bonds. The van der Waals surface area contributed by atoms with Crippen molar-refractivity contribution >= 4 is 39.5 Å². The number of carbonyl (C=O) groups is 1. The second-order valence-corrected chi connectivity index (χ2v) is 9.44. The minimum Gasteiger partial charge on any atom is -0.354 e. The van der Waals surface area contributed by atoms with Gasteiger partial charge in [-0.15, -0.1) is 11.3 Å². The molecule has 0 aromatic carbocycles. The van der Waals surface area contributed by atoms with Gasteiger partial charge in [-0.05, 0) is 43.9 Å². The predicted molar refractivity (Wildman–Crippen MR) is 105 cm³/mol. The molecular formula is C15H23N5O3S3. The Morgan fingerprint density at radius 1 is 1.54 bits per heavy atom. The van der Waals surface area contributed by atoms with Gasteiger partial charge in [0.2, 0.25) is 15.9 Å². The van der Waals surface area contributed by atoms with Crippen LogP contribution in [-0.2, 0) is 14.8 Å². The largest absolute Gasteiger partial charge is 0.354 e. The first-order valence-corrected chi connectivity index (χ1v) is 11.1. The molecule has 0 fully saturated rings. The van der Waals surface area contributed by atoms with E-state index in [2.05, 4.69) is 15.5 Å². The number of sulfonamides is 1. The Bertz CT molecular complexity index is 886. The van der Waals surface area contributed by atoms with Gasteiger partial charge in [0.1, 0.15) is 6.04 Å². The van der Waals surface area contributed by atoms with Crippen molar-refractivity contribution in [1.29, 1.82) is 0 Å². The number of nitrogens with zero attached hydrogens (tertiary/aromatic N) is 3. The standard InChI is InChI=1S/C15H23N5O3S3/c1-4-26(22,23)19(3)9-6-8-16-14(21)11(2)20-13(17-18-15(20)24)12-7-5-10-25-12/h5,7,10-11H,4,6,8-9H2,1-3H3,(H,16,21)(H,18,24). The first-order chi connectivity index (χ1) is 12.3. The lowest BCUT2D eigenvalue weighted by Crippen LogP contribution is -2.35. The van der Waals surface area contributed by atoms with E-state index in [0.29, 0.717) is 30.1 Å². The Kier molecular flexibility index (Phi) is 7.09. The normalized spacial score (nSPS) is 13.1. The van der Waals surface area contributed by atoms with E-state index in [1.54, 1.807) is 25.5 Å². The van der Waals surface area contributed by atoms with Gasteiger partial charge in [0.05, 0.1) is 10.6 Å². The van der Waals surface area contributed by atoms with E-state index in [9.17, 15) is 13.2 Å². The molecule has 2 rings (SSSR count). The smallest absolute Gasteiger partial charge is 0.242 e. The Morgan fingerprint density at radius 2 is 2.27 bits per heavy atom. The van der Waals surface area contributed by atoms with Crippen LogP contribution in [0.2, 0.25) is 0 Å². The van der Waals surface area contributed by atoms with Crippen LogP contribution in [0.1, 0.15) is 26.3 Å². The summed E-state index contributed by atoms with van der Waals surface area (Å²) in [7, 11) is -1.65. The maximum absolute atomic E-state index is 12.5. The van der Waals surface area contributed by atoms with Crippen molar-refractivity contribution < 1.29 is 13.2 Å². The molecule has 0 bridgehead atoms. The molecule has 0 aliphatic rings. The third kappa shape index (κ3) is 4.78. The zero-order valence-electron chi connectivity index (χ0n) is 14.9. The average molecular weight is 418 g/mol. The SMILES string of the molecule is CCS(=O)(=O)N(C)CCCNC(=O)C(C)n1c(-c2cccs2)n[nH]c1=S. The van der Waals surface area contributed by atoms with Crippen LogP contribution in [0.25, 0.3) is 10.7 Å². The highest BCUT2D eigenvalue weighted by Crippen LogP contribution is 2.25. The highest BCUT2D eigenvalue weighted by atomic mass is 32.2. The van der Waals surface area contributed by atoms with Gasteiger partial charge in [0.25, 0.3) is 0 Å². The molecule has 0 saturated carbocycles. The van der Waals surface area contributed by atoms with Gasteiger partial charge in [-0.1, -0.05) is 6.07 Å². The van der Waals surface area contributed by atoms with Crippen LogP contribution in [0.5, 0.6) is 0 Å². The summed E-state index contributed by atoms with van der Waals surface area (Å²) < 4.78 is 26.8. The Balaban J connectivity index is 1.95. The molecule has 0 spiro atoms. The summed E-state index contributed by atoms with van der Waals surface area (Å²) >= 11 is 6.78. The molecule has 8 nitrogen and oxygen atoms in total. The minimum absolute atomic E-state index is 0.0666. The third-order valence-electron chi connectivity index (χ3n) is 4.00. The fourth-order valence-electron chi connectivity index (χ4n) is 2.38. The number of H-pyrrole nitrogens is 1. The number of nitrogens with one attached hydrogen (secondary N) is 2. The van der Waals surface area contributed by atoms with Crippen molar-refractivity contribution in [3.8, 4) is 10.7 Å². The van der Waals surface area contributed by atoms with Crippen LogP contribution < -0.4 is 5.32 Å². The van der Waals surface area contributed by atoms with E-state index in [-0.39, 0.29) is 11.7 Å². The van der Waals surface area contributed by atoms with Crippen LogP contribution >= 0.6 is 23.6 Å². The molecule has 0 radical (unpaired) electrons. The van der Waals surface area contributed by atoms with E-state index < -0.39 is 16.1 Å². The summed E-state index contributed by atoms with van der Waals surface area (Å²) in [6, 6.07) is 3.30. The zero-order valence-corrected chi connectivity index (χ0v) is 17.4. The first-order valence-electron chi connectivity index (χ1n) is 8.20. The van der Waals surface area contributed by atoms with Crippen LogP contribution in [-0.4, -0.2) is 59.3 Å². The molecule has 0 aliphatic heterocycles. The van der Waals surface area contributed by atoms with E-state index in [1.165, 1.54) is 15.6 Å². The molecule has 0 saturated heterocycles. The van der Waals surface area contributed by atoms with Crippen LogP contribution in [0, 0.1) is 4.77 Å². The van der Waals surface area contributed by atoms with Crippen LogP contribution in [0.15, 0.2) is 17.5 Å². The molecule has 1 unspecified atom stereocenters. The van der Waals surface area contributed by atoms with E-state index in [0.717, 1.165) is 4.88 Å². The quantitative estimate of drug-likeness (QED) is 0.480. The number of aromatic nitrogens is 3. The van der Waals surface area contributed by atoms with Gasteiger partial charge < -0.3 is 5.32 Å². The van der Waals surface area contributed by atoms with Crippen molar-refractivity contribution in [2.45, 2.75) is 26.3 Å². The molecule has 144 valence electrons. The lowest BCUT2D eigenvalue weighted by Gasteiger charge is -2.17. The van der Waals surface area contributed by atoms with Crippen molar-refractivity contribution in [2.24, 2.45) is 0 Å². The summed E-state index contributed by atoms with van der Waals surface area (Å²) in [5.41, 5.74) is 0. The van der Waals surface area contributed by atoms with Crippen molar-refractivity contribution in [1.82, 2.24) is 24.4 Å². The second-order valence-electron chi connectivity index (χ2n) is 5.74. The van der Waals surface area contributed by atoms with Crippen molar-refractivity contribution in [3.63, 3.8) is 0 Å². The zero-order chi connectivity index (χ0) is 19.3. The summed E-state index contributed by atoms with van der Waals surface area (Å²) in [6.07, 6.45) is 0.531. The topological polar surface area (TPSA) is 100 Å². The van der Waals surface area contributed by atoms with Gasteiger partial charge in [-0.2, -0.15) is 5.10 Å². The second kappa shape index (κ2) is 8.89. The minimum atomic E-state index is -3.20. The summed E-state index contributed by atoms with van der Waals surface area (Å²) in [5, 5.41) is 11.7. The van der Waals surface area contributed by atoms with Crippen molar-refractivity contribution in [3.05, 3.63) is 22.3 Å². The number of aromatic amines is 1. The number of amides is 1. The first kappa shape index (κ1) is 20.7. The highest BCUT2D eigenvalue weighted by molar-refractivity contribution is 7.89. The molecular weight excluding hydrogens is 394 g/mol. The van der Waals surface area contributed by atoms with Gasteiger partial charge in [0.15, 0.2) is 10.6 Å². The number of hydrogen-bond acceptors (Lipinski definition) is 6. The molecule has 0 aliphatic carbocycles. The number of rotatable bonds is 9. The number of thiophene rings is 1. The summed E-state index contributed by atoms with van der Waals surface area (Å²) in [6.45, 7) is 4.10. The highest BCUT2D eigenvalue weighted by Gasteiger charge is 2.21. The van der Waals surface area contributed by atoms with Crippen LogP contribution in [0.3, 0.4) is 0 Å². The Morgan fingerprint density at radius 3 is 2.88 bits per heavy atom. The molecule has 26 heavy (non-hydrogen) atoms. The monoisotopic (exact) mass is 417 g/mol. The number of carbonyl (C=O) groups excluding carboxylic acids is 1. The van der Waals surface area contributed by atoms with E-state index in [1.807, 2.05) is 17.5 Å². The molecule has 2 N–H and O–H groups in total. The molecule has 11 heteroatoms. The van der Waals surface area contributed by atoms with Crippen molar-refractivity contribution in [2.75, 3.05) is 25.9 Å². The molecule has 2 heterocycles. The van der Waals surface area contributed by atoms with Gasteiger partial charge in [0, 0.05) is 20.1 Å². The summed E-state index contributed by atoms with van der Waals surface area (Å²) in [4.78, 5) is 13.4. The lowest BCUT2D eigenvalue weighted by atomic mass is 10.3. The summed E-state index contributed by atoms with van der Waals surface area (Å²) in [5.74, 6) is 0.500. The van der Waals surface area contributed by atoms with Gasteiger partial charge in [-0.25, -0.2) is 12.7 Å². The van der Waals surface area contributed by atoms with E-state index >= 15 is 0 Å². The Labute approximate surface area is 162 Å². The predicted octanol–water partition coefficient (Wildman–Crippen LogP) is 2.02. The van der Waals surface area contributed by atoms with Gasteiger partial charge in [-0.3, -0.25) is 14.5 Å². The fraction of sp³-hybridized carbons (Fsp3) is 0.533. The maximum Gasteiger partial charge on any atom is 0.242 e. The van der Waals surface area contributed by atoms with Crippen LogP contribution in [0.4, 0.5) is 0 Å². The Hall–Kier alpha value is -1.56. The lowest BCUT2D eigenvalue weighted by molar-refractivity contribution is -0.123. The number of hydrogen-bond donors (Lipinski definition) is 2. The molecule has 1 atom stereocenters. The molecule has 2 aromatic heterocycles. The average Bonchev–Trinajstić information content (AvgIpc) is 3.26. The third-order valence-corrected chi connectivity index (χ3v) is 7.02. The van der Waals surface area contributed by atoms with Gasteiger partial charge >= 0.3 is 0 Å². The maximum atomic E-state index is 12.5. The molecule has 2 aromatic rings. The fourth-order valence-corrected chi connectivity index (χ4v) is 4.23. The van der Waals surface area contributed by atoms with E-state index in [4.69, 9.17) is 12.2 Å².